The van der Waals surface area contributed by atoms with Gasteiger partial charge in [-0.3, -0.25) is 0 Å². The summed E-state index contributed by atoms with van der Waals surface area (Å²) in [7, 11) is -3.10. The molecule has 0 amide bonds. The van der Waals surface area contributed by atoms with E-state index in [9.17, 15) is 8.42 Å². The SMILES string of the molecule is CC(C)CCc1nc(CS(=O)(=O)CCCCC#N)cs1. The van der Waals surface area contributed by atoms with Gasteiger partial charge < -0.3 is 0 Å². The van der Waals surface area contributed by atoms with Crippen molar-refractivity contribution in [3.63, 3.8) is 0 Å². The van der Waals surface area contributed by atoms with Crippen molar-refractivity contribution >= 4 is 21.2 Å². The normalized spacial score (nSPS) is 11.7. The van der Waals surface area contributed by atoms with Gasteiger partial charge in [0.25, 0.3) is 0 Å². The summed E-state index contributed by atoms with van der Waals surface area (Å²) >= 11 is 1.55. The molecule has 0 bridgehead atoms. The summed E-state index contributed by atoms with van der Waals surface area (Å²) in [5.74, 6) is 0.803. The number of sulfone groups is 1. The van der Waals surface area contributed by atoms with Gasteiger partial charge in [-0.2, -0.15) is 5.26 Å². The van der Waals surface area contributed by atoms with Gasteiger partial charge in [-0.1, -0.05) is 13.8 Å². The van der Waals surface area contributed by atoms with Gasteiger partial charge >= 0.3 is 0 Å². The van der Waals surface area contributed by atoms with Crippen molar-refractivity contribution in [2.45, 2.75) is 51.7 Å². The molecular weight excluding hydrogens is 292 g/mol. The topological polar surface area (TPSA) is 70.8 Å². The van der Waals surface area contributed by atoms with E-state index in [1.807, 2.05) is 11.4 Å². The van der Waals surface area contributed by atoms with Crippen molar-refractivity contribution in [2.75, 3.05) is 5.75 Å². The van der Waals surface area contributed by atoms with Crippen LogP contribution in [-0.4, -0.2) is 19.2 Å². The van der Waals surface area contributed by atoms with Crippen LogP contribution in [0.4, 0.5) is 0 Å². The van der Waals surface area contributed by atoms with Gasteiger partial charge in [0, 0.05) is 11.8 Å². The molecule has 1 rings (SSSR count). The summed E-state index contributed by atoms with van der Waals surface area (Å²) in [4.78, 5) is 4.40. The summed E-state index contributed by atoms with van der Waals surface area (Å²) in [5.41, 5.74) is 0.661. The van der Waals surface area contributed by atoms with Crippen LogP contribution in [0.25, 0.3) is 0 Å². The Hall–Kier alpha value is -0.930. The lowest BCUT2D eigenvalue weighted by Crippen LogP contribution is -2.09. The van der Waals surface area contributed by atoms with Crippen LogP contribution >= 0.6 is 11.3 Å². The highest BCUT2D eigenvalue weighted by molar-refractivity contribution is 7.90. The predicted molar refractivity (Wildman–Crippen MR) is 82.2 cm³/mol. The van der Waals surface area contributed by atoms with Crippen molar-refractivity contribution in [1.29, 1.82) is 5.26 Å². The third-order valence-corrected chi connectivity index (χ3v) is 5.50. The third-order valence-electron chi connectivity index (χ3n) is 2.90. The predicted octanol–water partition coefficient (Wildman–Crippen LogP) is 3.34. The Bertz CT molecular complexity index is 542. The second-order valence-corrected chi connectivity index (χ2v) is 8.50. The Balaban J connectivity index is 2.45. The number of rotatable bonds is 9. The molecule has 1 aromatic heterocycles. The van der Waals surface area contributed by atoms with E-state index in [0.717, 1.165) is 17.8 Å². The van der Waals surface area contributed by atoms with Crippen LogP contribution in [0.1, 0.15) is 50.2 Å². The van der Waals surface area contributed by atoms with Gasteiger partial charge in [-0.15, -0.1) is 11.3 Å². The quantitative estimate of drug-likeness (QED) is 0.655. The van der Waals surface area contributed by atoms with Gasteiger partial charge in [-0.25, -0.2) is 13.4 Å². The van der Waals surface area contributed by atoms with E-state index in [1.54, 1.807) is 11.3 Å². The highest BCUT2D eigenvalue weighted by Crippen LogP contribution is 2.17. The first-order valence-corrected chi connectivity index (χ1v) is 9.63. The summed E-state index contributed by atoms with van der Waals surface area (Å²) in [5, 5.41) is 11.3. The molecule has 0 unspecified atom stereocenters. The molecule has 20 heavy (non-hydrogen) atoms. The molecule has 0 N–H and O–H groups in total. The maximum absolute atomic E-state index is 11.9. The molecule has 0 spiro atoms. The zero-order chi connectivity index (χ0) is 15.0. The summed E-state index contributed by atoms with van der Waals surface area (Å²) in [6.07, 6.45) is 3.62. The first-order chi connectivity index (χ1) is 9.43. The monoisotopic (exact) mass is 314 g/mol. The van der Waals surface area contributed by atoms with E-state index in [1.165, 1.54) is 0 Å². The number of thiazole rings is 1. The Morgan fingerprint density at radius 1 is 1.40 bits per heavy atom. The van der Waals surface area contributed by atoms with Crippen molar-refractivity contribution in [3.8, 4) is 6.07 Å². The highest BCUT2D eigenvalue weighted by Gasteiger charge is 2.14. The fourth-order valence-electron chi connectivity index (χ4n) is 1.77. The molecule has 6 heteroatoms. The summed E-state index contributed by atoms with van der Waals surface area (Å²) in [6.45, 7) is 4.33. The summed E-state index contributed by atoms with van der Waals surface area (Å²) in [6, 6.07) is 2.02. The molecule has 0 saturated carbocycles. The van der Waals surface area contributed by atoms with Gasteiger partial charge in [0.2, 0.25) is 0 Å². The van der Waals surface area contributed by atoms with E-state index >= 15 is 0 Å². The average Bonchev–Trinajstić information content (AvgIpc) is 2.79. The smallest absolute Gasteiger partial charge is 0.156 e. The zero-order valence-corrected chi connectivity index (χ0v) is 13.8. The Morgan fingerprint density at radius 3 is 2.80 bits per heavy atom. The molecule has 0 saturated heterocycles. The zero-order valence-electron chi connectivity index (χ0n) is 12.1. The molecule has 4 nitrogen and oxygen atoms in total. The van der Waals surface area contributed by atoms with Crippen molar-refractivity contribution in [2.24, 2.45) is 5.92 Å². The molecule has 0 aliphatic carbocycles. The van der Waals surface area contributed by atoms with E-state index in [2.05, 4.69) is 18.8 Å². The van der Waals surface area contributed by atoms with E-state index in [0.29, 0.717) is 30.9 Å². The molecule has 0 fully saturated rings. The van der Waals surface area contributed by atoms with Gasteiger partial charge in [-0.05, 0) is 31.6 Å². The average molecular weight is 314 g/mol. The molecular formula is C14H22N2O2S2. The van der Waals surface area contributed by atoms with E-state index in [-0.39, 0.29) is 11.5 Å². The fourth-order valence-corrected chi connectivity index (χ4v) is 4.07. The van der Waals surface area contributed by atoms with Gasteiger partial charge in [0.05, 0.1) is 28.3 Å². The van der Waals surface area contributed by atoms with Crippen LogP contribution in [0.2, 0.25) is 0 Å². The van der Waals surface area contributed by atoms with Gasteiger partial charge in [0.1, 0.15) is 0 Å². The molecule has 0 aliphatic rings. The summed E-state index contributed by atoms with van der Waals surface area (Å²) < 4.78 is 23.8. The molecule has 1 heterocycles. The second-order valence-electron chi connectivity index (χ2n) is 5.37. The van der Waals surface area contributed by atoms with E-state index < -0.39 is 9.84 Å². The molecule has 0 aromatic carbocycles. The molecule has 112 valence electrons. The number of nitrogens with zero attached hydrogens (tertiary/aromatic N) is 2. The lowest BCUT2D eigenvalue weighted by atomic mass is 10.1. The lowest BCUT2D eigenvalue weighted by molar-refractivity contribution is 0.583. The maximum atomic E-state index is 11.9. The minimum atomic E-state index is -3.10. The number of nitriles is 1. The first-order valence-electron chi connectivity index (χ1n) is 6.93. The minimum Gasteiger partial charge on any atom is -0.245 e. The lowest BCUT2D eigenvalue weighted by Gasteiger charge is -2.02. The van der Waals surface area contributed by atoms with Crippen LogP contribution in [-0.2, 0) is 22.0 Å². The molecule has 0 radical (unpaired) electrons. The number of unbranched alkanes of at least 4 members (excludes halogenated alkanes) is 2. The number of hydrogen-bond donors (Lipinski definition) is 0. The van der Waals surface area contributed by atoms with E-state index in [4.69, 9.17) is 5.26 Å². The number of aromatic nitrogens is 1. The number of hydrogen-bond acceptors (Lipinski definition) is 5. The van der Waals surface area contributed by atoms with Crippen LogP contribution in [0.3, 0.4) is 0 Å². The van der Waals surface area contributed by atoms with Crippen molar-refractivity contribution in [3.05, 3.63) is 16.1 Å². The van der Waals surface area contributed by atoms with Crippen LogP contribution in [0.15, 0.2) is 5.38 Å². The Kier molecular flexibility index (Phi) is 7.17. The van der Waals surface area contributed by atoms with Crippen molar-refractivity contribution < 1.29 is 8.42 Å². The fraction of sp³-hybridized carbons (Fsp3) is 0.714. The maximum Gasteiger partial charge on any atom is 0.156 e. The van der Waals surface area contributed by atoms with Crippen molar-refractivity contribution in [1.82, 2.24) is 4.98 Å². The molecule has 0 atom stereocenters. The Morgan fingerprint density at radius 2 is 2.15 bits per heavy atom. The van der Waals surface area contributed by atoms with Gasteiger partial charge in [0.15, 0.2) is 9.84 Å². The largest absolute Gasteiger partial charge is 0.245 e. The second kappa shape index (κ2) is 8.38. The standard InChI is InChI=1S/C14H22N2O2S2/c1-12(2)6-7-14-16-13(10-19-14)11-20(17,18)9-5-3-4-8-15/h10,12H,3-7,9,11H2,1-2H3. The third kappa shape index (κ3) is 7.01. The van der Waals surface area contributed by atoms with Crippen LogP contribution in [0, 0.1) is 17.2 Å². The minimum absolute atomic E-state index is 0.0255. The molecule has 1 aromatic rings. The number of aryl methyl sites for hydroxylation is 1. The Labute approximate surface area is 125 Å². The first kappa shape index (κ1) is 17.1. The molecule has 0 aliphatic heterocycles. The van der Waals surface area contributed by atoms with Crippen LogP contribution < -0.4 is 0 Å². The highest BCUT2D eigenvalue weighted by atomic mass is 32.2. The van der Waals surface area contributed by atoms with Crippen LogP contribution in [0.5, 0.6) is 0 Å².